The smallest absolute Gasteiger partial charge is 0.0397 e. The lowest BCUT2D eigenvalue weighted by Gasteiger charge is -2.42. The van der Waals surface area contributed by atoms with Gasteiger partial charge in [-0.3, -0.25) is 0 Å². The van der Waals surface area contributed by atoms with Crippen molar-refractivity contribution in [3.05, 3.63) is 119 Å². The number of fused-ring (bicyclic) bond motifs is 5. The van der Waals surface area contributed by atoms with Gasteiger partial charge in [0.25, 0.3) is 0 Å². The Morgan fingerprint density at radius 3 is 2.27 bits per heavy atom. The van der Waals surface area contributed by atoms with Crippen LogP contribution in [0.25, 0.3) is 21.5 Å². The lowest BCUT2D eigenvalue weighted by atomic mass is 9.63. The van der Waals surface area contributed by atoms with Gasteiger partial charge in [0.15, 0.2) is 0 Å². The summed E-state index contributed by atoms with van der Waals surface area (Å²) in [7, 11) is 0. The van der Waals surface area contributed by atoms with Crippen LogP contribution in [-0.4, -0.2) is 26.2 Å². The number of rotatable bonds is 3. The third kappa shape index (κ3) is 4.35. The summed E-state index contributed by atoms with van der Waals surface area (Å²) in [6.45, 7) is 13.6. The number of hydrogen-bond donors (Lipinski definition) is 0. The van der Waals surface area contributed by atoms with Crippen LogP contribution < -0.4 is 9.80 Å². The van der Waals surface area contributed by atoms with Gasteiger partial charge in [0.1, 0.15) is 0 Å². The Balaban J connectivity index is 1.15. The predicted octanol–water partition coefficient (Wildman–Crippen LogP) is 8.85. The van der Waals surface area contributed by atoms with Gasteiger partial charge in [-0.25, -0.2) is 0 Å². The lowest BCUT2D eigenvalue weighted by molar-refractivity contribution is 0.264. The SMILES string of the molecule is Cc1ccc(N2CCN(c3cccc(C4Cc5ccc6c(ccc7ccccc76)c5CC4(C)C)c3)CC2)c(C)c1. The molecule has 1 saturated heterocycles. The summed E-state index contributed by atoms with van der Waals surface area (Å²) in [4.78, 5) is 5.15. The average Bonchev–Trinajstić information content (AvgIpc) is 2.96. The number of piperazine rings is 1. The van der Waals surface area contributed by atoms with Crippen LogP contribution in [0.3, 0.4) is 0 Å². The van der Waals surface area contributed by atoms with Crippen LogP contribution in [0.5, 0.6) is 0 Å². The van der Waals surface area contributed by atoms with Gasteiger partial charge in [-0.05, 0) is 100 Å². The monoisotopic (exact) mass is 524 g/mol. The maximum atomic E-state index is 2.59. The summed E-state index contributed by atoms with van der Waals surface area (Å²) in [6, 6.07) is 34.6. The number of aryl methyl sites for hydroxylation is 2. The highest BCUT2D eigenvalue weighted by Crippen LogP contribution is 2.48. The van der Waals surface area contributed by atoms with Crippen molar-refractivity contribution in [2.45, 2.75) is 46.5 Å². The van der Waals surface area contributed by atoms with E-state index in [9.17, 15) is 0 Å². The molecule has 1 atom stereocenters. The van der Waals surface area contributed by atoms with Crippen LogP contribution in [-0.2, 0) is 12.8 Å². The van der Waals surface area contributed by atoms with Crippen molar-refractivity contribution in [3.8, 4) is 0 Å². The van der Waals surface area contributed by atoms with Crippen LogP contribution in [0.2, 0.25) is 0 Å². The van der Waals surface area contributed by atoms with E-state index in [-0.39, 0.29) is 5.41 Å². The van der Waals surface area contributed by atoms with Gasteiger partial charge in [0, 0.05) is 37.6 Å². The van der Waals surface area contributed by atoms with E-state index < -0.39 is 0 Å². The molecule has 0 N–H and O–H groups in total. The molecule has 1 aliphatic heterocycles. The van der Waals surface area contributed by atoms with E-state index in [0.717, 1.165) is 39.0 Å². The first kappa shape index (κ1) is 25.2. The molecule has 1 aliphatic carbocycles. The van der Waals surface area contributed by atoms with E-state index in [0.29, 0.717) is 5.92 Å². The number of hydrogen-bond acceptors (Lipinski definition) is 2. The Morgan fingerprint density at radius 2 is 1.45 bits per heavy atom. The molecule has 0 bridgehead atoms. The van der Waals surface area contributed by atoms with E-state index >= 15 is 0 Å². The minimum Gasteiger partial charge on any atom is -0.368 e. The molecule has 0 saturated carbocycles. The highest BCUT2D eigenvalue weighted by molar-refractivity contribution is 6.08. The second kappa shape index (κ2) is 9.70. The minimum absolute atomic E-state index is 0.188. The minimum atomic E-state index is 0.188. The molecule has 0 aromatic heterocycles. The molecular weight excluding hydrogens is 484 g/mol. The van der Waals surface area contributed by atoms with Gasteiger partial charge in [-0.1, -0.05) is 92.2 Å². The molecule has 202 valence electrons. The number of anilines is 2. The number of benzene rings is 5. The summed E-state index contributed by atoms with van der Waals surface area (Å²) in [5.74, 6) is 0.509. The molecule has 5 aromatic carbocycles. The van der Waals surface area contributed by atoms with Crippen molar-refractivity contribution in [2.24, 2.45) is 5.41 Å². The fraction of sp³-hybridized carbons (Fsp3) is 0.316. The van der Waals surface area contributed by atoms with E-state index in [1.54, 1.807) is 5.56 Å². The Hall–Kier alpha value is -3.78. The average molecular weight is 525 g/mol. The highest BCUT2D eigenvalue weighted by atomic mass is 15.3. The molecule has 2 heteroatoms. The summed E-state index contributed by atoms with van der Waals surface area (Å²) >= 11 is 0. The quantitative estimate of drug-likeness (QED) is 0.218. The normalized spacial score (nSPS) is 18.8. The van der Waals surface area contributed by atoms with Crippen molar-refractivity contribution in [1.29, 1.82) is 0 Å². The Labute approximate surface area is 239 Å². The Morgan fingerprint density at radius 1 is 0.675 bits per heavy atom. The largest absolute Gasteiger partial charge is 0.368 e. The Bertz CT molecular complexity index is 1720. The second-order valence-corrected chi connectivity index (χ2v) is 12.9. The molecule has 2 aliphatic rings. The first-order valence-electron chi connectivity index (χ1n) is 15.0. The van der Waals surface area contributed by atoms with E-state index in [1.807, 2.05) is 0 Å². The van der Waals surface area contributed by atoms with Gasteiger partial charge in [-0.2, -0.15) is 0 Å². The topological polar surface area (TPSA) is 6.48 Å². The Kier molecular flexibility index (Phi) is 6.11. The maximum Gasteiger partial charge on any atom is 0.0397 e. The molecule has 1 unspecified atom stereocenters. The highest BCUT2D eigenvalue weighted by Gasteiger charge is 2.37. The molecule has 1 heterocycles. The van der Waals surface area contributed by atoms with Crippen LogP contribution in [0.15, 0.2) is 91.0 Å². The van der Waals surface area contributed by atoms with E-state index in [2.05, 4.69) is 128 Å². The summed E-state index contributed by atoms with van der Waals surface area (Å²) in [5.41, 5.74) is 10.3. The fourth-order valence-corrected chi connectivity index (χ4v) is 7.54. The summed E-state index contributed by atoms with van der Waals surface area (Å²) in [5, 5.41) is 5.54. The van der Waals surface area contributed by atoms with E-state index in [4.69, 9.17) is 0 Å². The predicted molar refractivity (Wildman–Crippen MR) is 172 cm³/mol. The zero-order valence-electron chi connectivity index (χ0n) is 24.4. The van der Waals surface area contributed by atoms with Crippen LogP contribution in [0, 0.1) is 19.3 Å². The molecule has 5 aromatic rings. The van der Waals surface area contributed by atoms with Crippen molar-refractivity contribution in [1.82, 2.24) is 0 Å². The molecule has 7 rings (SSSR count). The lowest BCUT2D eigenvalue weighted by Crippen LogP contribution is -2.46. The molecule has 1 fully saturated rings. The molecular formula is C38H40N2. The third-order valence-corrected chi connectivity index (χ3v) is 9.74. The molecule has 0 spiro atoms. The van der Waals surface area contributed by atoms with Gasteiger partial charge >= 0.3 is 0 Å². The van der Waals surface area contributed by atoms with Crippen molar-refractivity contribution < 1.29 is 0 Å². The first-order valence-corrected chi connectivity index (χ1v) is 15.0. The molecule has 2 nitrogen and oxygen atoms in total. The molecule has 0 radical (unpaired) electrons. The standard InChI is InChI=1S/C38H40N2/c1-26-12-17-37(27(2)22-26)40-20-18-39(19-21-40)31-10-7-9-30(23-31)36-24-29-14-16-33-32-11-6-5-8-28(32)13-15-34(33)35(29)25-38(36,3)4/h5-17,22-23,36H,18-21,24-25H2,1-4H3. The zero-order valence-corrected chi connectivity index (χ0v) is 24.4. The van der Waals surface area contributed by atoms with Gasteiger partial charge in [-0.15, -0.1) is 0 Å². The fourth-order valence-electron chi connectivity index (χ4n) is 7.54. The van der Waals surface area contributed by atoms with Crippen LogP contribution >= 0.6 is 0 Å². The van der Waals surface area contributed by atoms with Gasteiger partial charge in [0.05, 0.1) is 0 Å². The third-order valence-electron chi connectivity index (χ3n) is 9.74. The van der Waals surface area contributed by atoms with E-state index in [1.165, 1.54) is 55.2 Å². The first-order chi connectivity index (χ1) is 19.4. The zero-order chi connectivity index (χ0) is 27.4. The van der Waals surface area contributed by atoms with Crippen molar-refractivity contribution in [3.63, 3.8) is 0 Å². The van der Waals surface area contributed by atoms with Gasteiger partial charge < -0.3 is 9.80 Å². The van der Waals surface area contributed by atoms with Crippen molar-refractivity contribution in [2.75, 3.05) is 36.0 Å². The van der Waals surface area contributed by atoms with Crippen LogP contribution in [0.1, 0.15) is 47.6 Å². The van der Waals surface area contributed by atoms with Crippen molar-refractivity contribution >= 4 is 32.9 Å². The second-order valence-electron chi connectivity index (χ2n) is 12.9. The number of nitrogens with zero attached hydrogens (tertiary/aromatic N) is 2. The molecule has 40 heavy (non-hydrogen) atoms. The summed E-state index contributed by atoms with van der Waals surface area (Å²) in [6.07, 6.45) is 2.22. The summed E-state index contributed by atoms with van der Waals surface area (Å²) < 4.78 is 0. The van der Waals surface area contributed by atoms with Crippen LogP contribution in [0.4, 0.5) is 11.4 Å². The maximum absolute atomic E-state index is 2.59. The molecule has 0 amide bonds. The van der Waals surface area contributed by atoms with Gasteiger partial charge in [0.2, 0.25) is 0 Å².